The van der Waals surface area contributed by atoms with Gasteiger partial charge in [0, 0.05) is 12.6 Å². The molecule has 0 heterocycles. The smallest absolute Gasteiger partial charge is 0.308 e. The highest BCUT2D eigenvalue weighted by molar-refractivity contribution is 6.01. The lowest BCUT2D eigenvalue weighted by atomic mass is 9.97. The minimum Gasteiger partial charge on any atom is -0.481 e. The van der Waals surface area contributed by atoms with Crippen LogP contribution in [0.1, 0.15) is 36.2 Å². The second-order valence-corrected chi connectivity index (χ2v) is 5.88. The van der Waals surface area contributed by atoms with E-state index >= 15 is 0 Å². The Kier molecular flexibility index (Phi) is 6.06. The van der Waals surface area contributed by atoms with Gasteiger partial charge in [-0.3, -0.25) is 19.7 Å². The molecule has 0 radical (unpaired) electrons. The zero-order valence-corrected chi connectivity index (χ0v) is 13.3. The predicted molar refractivity (Wildman–Crippen MR) is 85.2 cm³/mol. The summed E-state index contributed by atoms with van der Waals surface area (Å²) >= 11 is 0. The van der Waals surface area contributed by atoms with Crippen molar-refractivity contribution in [3.63, 3.8) is 0 Å². The summed E-state index contributed by atoms with van der Waals surface area (Å²) in [6.45, 7) is 5.33. The summed E-state index contributed by atoms with van der Waals surface area (Å²) in [5.74, 6) is -2.18. The van der Waals surface area contributed by atoms with E-state index in [1.165, 1.54) is 12.1 Å². The first kappa shape index (κ1) is 18.4. The Morgan fingerprint density at radius 2 is 2.00 bits per heavy atom. The molecular formula is C15H21N3O5. The number of nitro benzene ring substituents is 1. The minimum atomic E-state index is -0.998. The number of nitrogens with one attached hydrogen (secondary N) is 1. The van der Waals surface area contributed by atoms with Crippen LogP contribution in [0.3, 0.4) is 0 Å². The van der Waals surface area contributed by atoms with Crippen molar-refractivity contribution in [2.75, 3.05) is 12.3 Å². The highest BCUT2D eigenvalue weighted by atomic mass is 16.6. The van der Waals surface area contributed by atoms with E-state index in [2.05, 4.69) is 5.32 Å². The molecule has 1 atom stereocenters. The number of carboxylic acids is 1. The fourth-order valence-corrected chi connectivity index (χ4v) is 2.27. The molecule has 0 spiro atoms. The lowest BCUT2D eigenvalue weighted by Crippen LogP contribution is -2.34. The number of nitro groups is 1. The molecule has 0 saturated heterocycles. The average Bonchev–Trinajstić information content (AvgIpc) is 2.44. The molecule has 1 rings (SSSR count). The Balaban J connectivity index is 2.94. The molecule has 0 aliphatic carbocycles. The molecule has 0 saturated carbocycles. The number of nitrogens with two attached hydrogens (primary N) is 1. The molecule has 23 heavy (non-hydrogen) atoms. The maximum absolute atomic E-state index is 12.2. The molecule has 0 aromatic heterocycles. The molecule has 8 nitrogen and oxygen atoms in total. The number of carbonyl (C=O) groups excluding carboxylic acids is 1. The number of carbonyl (C=O) groups is 2. The number of hydrogen-bond acceptors (Lipinski definition) is 5. The molecule has 1 aromatic carbocycles. The fourth-order valence-electron chi connectivity index (χ4n) is 2.27. The van der Waals surface area contributed by atoms with Gasteiger partial charge in [0.1, 0.15) is 5.69 Å². The summed E-state index contributed by atoms with van der Waals surface area (Å²) in [4.78, 5) is 33.7. The van der Waals surface area contributed by atoms with Crippen molar-refractivity contribution < 1.29 is 19.6 Å². The van der Waals surface area contributed by atoms with E-state index in [0.29, 0.717) is 12.0 Å². The van der Waals surface area contributed by atoms with Gasteiger partial charge in [0.25, 0.3) is 11.6 Å². The summed E-state index contributed by atoms with van der Waals surface area (Å²) in [5.41, 5.74) is 5.61. The average molecular weight is 323 g/mol. The number of benzene rings is 1. The molecule has 1 aromatic rings. The quantitative estimate of drug-likeness (QED) is 0.398. The summed E-state index contributed by atoms with van der Waals surface area (Å²) in [6.07, 6.45) is 0.416. The van der Waals surface area contributed by atoms with Crippen molar-refractivity contribution in [1.82, 2.24) is 5.32 Å². The second-order valence-electron chi connectivity index (χ2n) is 5.88. The lowest BCUT2D eigenvalue weighted by molar-refractivity contribution is -0.384. The SMILES string of the molecule is Cc1cc(C(=O)NCC(CC(C)C)C(=O)O)c(N)c([N+](=O)[O-])c1. The fraction of sp³-hybridized carbons (Fsp3) is 0.467. The Bertz CT molecular complexity index is 628. The van der Waals surface area contributed by atoms with Crippen molar-refractivity contribution in [3.05, 3.63) is 33.4 Å². The summed E-state index contributed by atoms with van der Waals surface area (Å²) in [7, 11) is 0. The van der Waals surface area contributed by atoms with E-state index in [-0.39, 0.29) is 29.4 Å². The second kappa shape index (κ2) is 7.57. The predicted octanol–water partition coefficient (Wildman–Crippen LogP) is 1.96. The van der Waals surface area contributed by atoms with Crippen molar-refractivity contribution in [2.24, 2.45) is 11.8 Å². The van der Waals surface area contributed by atoms with Crippen LogP contribution in [0.25, 0.3) is 0 Å². The molecular weight excluding hydrogens is 302 g/mol. The topological polar surface area (TPSA) is 136 Å². The molecule has 0 aliphatic heterocycles. The monoisotopic (exact) mass is 323 g/mol. The first-order valence-electron chi connectivity index (χ1n) is 7.19. The highest BCUT2D eigenvalue weighted by Gasteiger charge is 2.23. The largest absolute Gasteiger partial charge is 0.481 e. The van der Waals surface area contributed by atoms with E-state index in [1.54, 1.807) is 6.92 Å². The third-order valence-corrected chi connectivity index (χ3v) is 3.36. The number of carboxylic acid groups (broad SMARTS) is 1. The van der Waals surface area contributed by atoms with Gasteiger partial charge in [-0.2, -0.15) is 0 Å². The van der Waals surface area contributed by atoms with E-state index < -0.39 is 22.7 Å². The zero-order chi connectivity index (χ0) is 17.7. The van der Waals surface area contributed by atoms with Crippen LogP contribution in [0, 0.1) is 28.9 Å². The first-order chi connectivity index (χ1) is 10.6. The number of aryl methyl sites for hydroxylation is 1. The number of amides is 1. The molecule has 0 bridgehead atoms. The first-order valence-corrected chi connectivity index (χ1v) is 7.19. The van der Waals surface area contributed by atoms with E-state index in [0.717, 1.165) is 0 Å². The van der Waals surface area contributed by atoms with Gasteiger partial charge in [-0.15, -0.1) is 0 Å². The molecule has 1 unspecified atom stereocenters. The normalized spacial score (nSPS) is 12.0. The van der Waals surface area contributed by atoms with Crippen LogP contribution in [0.2, 0.25) is 0 Å². The number of anilines is 1. The van der Waals surface area contributed by atoms with Crippen LogP contribution in [0.4, 0.5) is 11.4 Å². The van der Waals surface area contributed by atoms with Gasteiger partial charge in [-0.25, -0.2) is 0 Å². The van der Waals surface area contributed by atoms with Gasteiger partial charge in [0.2, 0.25) is 0 Å². The van der Waals surface area contributed by atoms with Crippen molar-refractivity contribution in [1.29, 1.82) is 0 Å². The van der Waals surface area contributed by atoms with Crippen LogP contribution in [0.15, 0.2) is 12.1 Å². The van der Waals surface area contributed by atoms with Crippen molar-refractivity contribution in [3.8, 4) is 0 Å². The van der Waals surface area contributed by atoms with E-state index in [1.807, 2.05) is 13.8 Å². The van der Waals surface area contributed by atoms with E-state index in [9.17, 15) is 19.7 Å². The summed E-state index contributed by atoms with van der Waals surface area (Å²) < 4.78 is 0. The maximum atomic E-state index is 12.2. The van der Waals surface area contributed by atoms with Crippen LogP contribution in [-0.2, 0) is 4.79 Å². The van der Waals surface area contributed by atoms with Crippen LogP contribution < -0.4 is 11.1 Å². The van der Waals surface area contributed by atoms with Crippen molar-refractivity contribution in [2.45, 2.75) is 27.2 Å². The van der Waals surface area contributed by atoms with Crippen LogP contribution >= 0.6 is 0 Å². The maximum Gasteiger partial charge on any atom is 0.308 e. The number of nitrogen functional groups attached to an aromatic ring is 1. The van der Waals surface area contributed by atoms with Gasteiger partial charge >= 0.3 is 5.97 Å². The summed E-state index contributed by atoms with van der Waals surface area (Å²) in [6, 6.07) is 2.72. The Morgan fingerprint density at radius 1 is 1.39 bits per heavy atom. The van der Waals surface area contributed by atoms with Gasteiger partial charge in [0.15, 0.2) is 0 Å². The molecule has 1 amide bonds. The Hall–Kier alpha value is -2.64. The number of nitrogens with zero attached hydrogens (tertiary/aromatic N) is 1. The third kappa shape index (κ3) is 4.94. The van der Waals surface area contributed by atoms with E-state index in [4.69, 9.17) is 10.8 Å². The highest BCUT2D eigenvalue weighted by Crippen LogP contribution is 2.27. The number of rotatable bonds is 7. The molecule has 126 valence electrons. The molecule has 0 fully saturated rings. The van der Waals surface area contributed by atoms with Gasteiger partial charge < -0.3 is 16.2 Å². The van der Waals surface area contributed by atoms with Gasteiger partial charge in [-0.1, -0.05) is 13.8 Å². The molecule has 4 N–H and O–H groups in total. The van der Waals surface area contributed by atoms with Gasteiger partial charge in [-0.05, 0) is 30.9 Å². The number of aliphatic carboxylic acids is 1. The van der Waals surface area contributed by atoms with Gasteiger partial charge in [0.05, 0.1) is 16.4 Å². The minimum absolute atomic E-state index is 0.0228. The van der Waals surface area contributed by atoms with Crippen molar-refractivity contribution >= 4 is 23.3 Å². The standard InChI is InChI=1S/C15H21N3O5/c1-8(2)4-10(15(20)21)7-17-14(19)11-5-9(3)6-12(13(11)16)18(22)23/h5-6,8,10H,4,7,16H2,1-3H3,(H,17,19)(H,20,21). The van der Waals surface area contributed by atoms with Crippen LogP contribution in [-0.4, -0.2) is 28.5 Å². The number of hydrogen-bond donors (Lipinski definition) is 3. The third-order valence-electron chi connectivity index (χ3n) is 3.36. The molecule has 8 heteroatoms. The summed E-state index contributed by atoms with van der Waals surface area (Å²) in [5, 5.41) is 22.6. The lowest BCUT2D eigenvalue weighted by Gasteiger charge is -2.16. The molecule has 0 aliphatic rings. The Morgan fingerprint density at radius 3 is 2.48 bits per heavy atom. The van der Waals surface area contributed by atoms with Crippen LogP contribution in [0.5, 0.6) is 0 Å². The zero-order valence-electron chi connectivity index (χ0n) is 13.3. The Labute approximate surface area is 133 Å².